The Hall–Kier alpha value is -1.45. The molecule has 0 radical (unpaired) electrons. The van der Waals surface area contributed by atoms with E-state index in [0.29, 0.717) is 18.8 Å². The fraction of sp³-hybridized carbons (Fsp3) is 0.444. The van der Waals surface area contributed by atoms with Gasteiger partial charge in [0, 0.05) is 19.0 Å². The highest BCUT2D eigenvalue weighted by atomic mass is 16.3. The number of hydrogen-bond acceptors (Lipinski definition) is 3. The number of nitrogens with one attached hydrogen (secondary N) is 1. The van der Waals surface area contributed by atoms with Gasteiger partial charge in [-0.25, -0.2) is 0 Å². The number of carbonyl (C=O) groups is 1. The van der Waals surface area contributed by atoms with Crippen LogP contribution in [0.3, 0.4) is 0 Å². The summed E-state index contributed by atoms with van der Waals surface area (Å²) in [6, 6.07) is 0.104. The number of fused-ring (bicyclic) bond motifs is 1. The van der Waals surface area contributed by atoms with Crippen molar-refractivity contribution in [1.82, 2.24) is 10.2 Å². The molecule has 0 aliphatic carbocycles. The molecule has 2 heterocycles. The summed E-state index contributed by atoms with van der Waals surface area (Å²) in [5.74, 6) is 0.759. The predicted octanol–water partition coefficient (Wildman–Crippen LogP) is 0.494. The Balaban J connectivity index is 2.34. The lowest BCUT2D eigenvalue weighted by Crippen LogP contribution is -2.49. The number of carbonyl (C=O) groups excluding carboxylic acids is 1. The van der Waals surface area contributed by atoms with Crippen LogP contribution in [0.4, 0.5) is 0 Å². The quantitative estimate of drug-likeness (QED) is 0.570. The lowest BCUT2D eigenvalue weighted by molar-refractivity contribution is -0.131. The maximum atomic E-state index is 11.5. The molecule has 2 rings (SSSR count). The third-order valence-electron chi connectivity index (χ3n) is 2.24. The van der Waals surface area contributed by atoms with Crippen LogP contribution in [0.25, 0.3) is 0 Å². The molecule has 0 aromatic carbocycles. The molecule has 4 heteroatoms. The van der Waals surface area contributed by atoms with E-state index in [1.54, 1.807) is 17.1 Å². The van der Waals surface area contributed by atoms with Crippen LogP contribution < -0.4 is 5.32 Å². The van der Waals surface area contributed by atoms with Gasteiger partial charge in [0.2, 0.25) is 5.91 Å². The van der Waals surface area contributed by atoms with E-state index in [1.165, 1.54) is 0 Å². The molecule has 0 spiro atoms. The van der Waals surface area contributed by atoms with Gasteiger partial charge in [0.05, 0.1) is 0 Å². The fourth-order valence-corrected chi connectivity index (χ4v) is 1.61. The second-order valence-electron chi connectivity index (χ2n) is 3.39. The lowest BCUT2D eigenvalue weighted by atomic mass is 10.1. The maximum Gasteiger partial charge on any atom is 0.230 e. The second-order valence-corrected chi connectivity index (χ2v) is 3.39. The Morgan fingerprint density at radius 2 is 2.46 bits per heavy atom. The van der Waals surface area contributed by atoms with Crippen molar-refractivity contribution in [2.24, 2.45) is 0 Å². The first kappa shape index (κ1) is 8.16. The van der Waals surface area contributed by atoms with E-state index in [2.05, 4.69) is 5.32 Å². The van der Waals surface area contributed by atoms with E-state index < -0.39 is 0 Å². The van der Waals surface area contributed by atoms with Gasteiger partial charge in [0.15, 0.2) is 11.6 Å². The second kappa shape index (κ2) is 2.80. The summed E-state index contributed by atoms with van der Waals surface area (Å²) in [4.78, 5) is 13.1. The number of aliphatic hydroxyl groups excluding tert-OH is 1. The van der Waals surface area contributed by atoms with E-state index in [4.69, 9.17) is 0 Å². The number of nitrogens with zero attached hydrogens (tertiary/aromatic N) is 1. The van der Waals surface area contributed by atoms with Crippen LogP contribution in [0.2, 0.25) is 0 Å². The minimum absolute atomic E-state index is 0.0668. The van der Waals surface area contributed by atoms with Gasteiger partial charge in [-0.15, -0.1) is 0 Å². The van der Waals surface area contributed by atoms with Crippen LogP contribution >= 0.6 is 0 Å². The van der Waals surface area contributed by atoms with Gasteiger partial charge in [-0.2, -0.15) is 0 Å². The standard InChI is InChI=1S/C9H12N2O2/c1-6-5-8(13)11-4-2-3-7(12)9(11)10-6/h2-3,6,10,12H,4-5H2,1H3. The normalized spacial score (nSPS) is 27.3. The Kier molecular flexibility index (Phi) is 1.76. The lowest BCUT2D eigenvalue weighted by Gasteiger charge is -2.35. The van der Waals surface area contributed by atoms with Crippen LogP contribution in [-0.2, 0) is 4.79 Å². The number of rotatable bonds is 0. The van der Waals surface area contributed by atoms with Gasteiger partial charge in [-0.1, -0.05) is 6.08 Å². The van der Waals surface area contributed by atoms with Crippen molar-refractivity contribution in [3.8, 4) is 0 Å². The largest absolute Gasteiger partial charge is 0.504 e. The molecule has 13 heavy (non-hydrogen) atoms. The summed E-state index contributed by atoms with van der Waals surface area (Å²) in [6.07, 6.45) is 3.88. The van der Waals surface area contributed by atoms with Crippen LogP contribution in [0, 0.1) is 0 Å². The van der Waals surface area contributed by atoms with Crippen molar-refractivity contribution in [1.29, 1.82) is 0 Å². The molecule has 1 amide bonds. The first-order valence-corrected chi connectivity index (χ1v) is 4.35. The summed E-state index contributed by atoms with van der Waals surface area (Å²) >= 11 is 0. The summed E-state index contributed by atoms with van der Waals surface area (Å²) in [6.45, 7) is 2.48. The molecule has 0 aromatic rings. The van der Waals surface area contributed by atoms with Crippen LogP contribution in [0.15, 0.2) is 23.7 Å². The Bertz CT molecular complexity index is 307. The first-order chi connectivity index (χ1) is 6.18. The first-order valence-electron chi connectivity index (χ1n) is 4.35. The zero-order chi connectivity index (χ0) is 9.42. The molecule has 70 valence electrons. The molecule has 2 N–H and O–H groups in total. The van der Waals surface area contributed by atoms with E-state index in [-0.39, 0.29) is 17.7 Å². The highest BCUT2D eigenvalue weighted by molar-refractivity contribution is 5.80. The average Bonchev–Trinajstić information content (AvgIpc) is 2.07. The number of amides is 1. The fourth-order valence-electron chi connectivity index (χ4n) is 1.61. The SMILES string of the molecule is CC1CC(=O)N2CC=CC(O)=C2N1. The Morgan fingerprint density at radius 3 is 3.23 bits per heavy atom. The molecule has 0 bridgehead atoms. The summed E-state index contributed by atoms with van der Waals surface area (Å²) < 4.78 is 0. The van der Waals surface area contributed by atoms with Crippen LogP contribution in [-0.4, -0.2) is 28.5 Å². The number of hydrogen-bond donors (Lipinski definition) is 2. The Labute approximate surface area is 76.5 Å². The minimum Gasteiger partial charge on any atom is -0.504 e. The molecule has 1 unspecified atom stereocenters. The van der Waals surface area contributed by atoms with E-state index in [0.717, 1.165) is 0 Å². The molecule has 1 atom stereocenters. The highest BCUT2D eigenvalue weighted by Gasteiger charge is 2.29. The smallest absolute Gasteiger partial charge is 0.230 e. The third-order valence-corrected chi connectivity index (χ3v) is 2.24. The predicted molar refractivity (Wildman–Crippen MR) is 47.7 cm³/mol. The van der Waals surface area contributed by atoms with Crippen molar-refractivity contribution in [3.05, 3.63) is 23.7 Å². The summed E-state index contributed by atoms with van der Waals surface area (Å²) in [7, 11) is 0. The number of allylic oxidation sites excluding steroid dienone is 1. The van der Waals surface area contributed by atoms with Gasteiger partial charge in [-0.05, 0) is 13.0 Å². The molecular formula is C9H12N2O2. The third kappa shape index (κ3) is 1.28. The van der Waals surface area contributed by atoms with Gasteiger partial charge >= 0.3 is 0 Å². The van der Waals surface area contributed by atoms with Crippen LogP contribution in [0.5, 0.6) is 0 Å². The summed E-state index contributed by atoms with van der Waals surface area (Å²) in [5, 5.41) is 12.6. The molecule has 2 aliphatic rings. The molecule has 2 aliphatic heterocycles. The van der Waals surface area contributed by atoms with Gasteiger partial charge in [-0.3, -0.25) is 9.69 Å². The molecule has 4 nitrogen and oxygen atoms in total. The number of aliphatic hydroxyl groups is 1. The van der Waals surface area contributed by atoms with Crippen LogP contribution in [0.1, 0.15) is 13.3 Å². The summed E-state index contributed by atoms with van der Waals surface area (Å²) in [5.41, 5.74) is 0. The monoisotopic (exact) mass is 180 g/mol. The molecular weight excluding hydrogens is 168 g/mol. The van der Waals surface area contributed by atoms with Gasteiger partial charge in [0.1, 0.15) is 0 Å². The molecule has 1 fully saturated rings. The average molecular weight is 180 g/mol. The van der Waals surface area contributed by atoms with Gasteiger partial charge < -0.3 is 10.4 Å². The van der Waals surface area contributed by atoms with Crippen molar-refractivity contribution in [2.75, 3.05) is 6.54 Å². The van der Waals surface area contributed by atoms with E-state index in [1.807, 2.05) is 6.92 Å². The van der Waals surface area contributed by atoms with Crippen molar-refractivity contribution in [3.63, 3.8) is 0 Å². The molecule has 0 saturated carbocycles. The van der Waals surface area contributed by atoms with Gasteiger partial charge in [0.25, 0.3) is 0 Å². The minimum atomic E-state index is 0.0668. The molecule has 1 saturated heterocycles. The molecule has 0 aromatic heterocycles. The highest BCUT2D eigenvalue weighted by Crippen LogP contribution is 2.19. The zero-order valence-electron chi connectivity index (χ0n) is 7.45. The van der Waals surface area contributed by atoms with E-state index in [9.17, 15) is 9.90 Å². The van der Waals surface area contributed by atoms with E-state index >= 15 is 0 Å². The van der Waals surface area contributed by atoms with Crippen molar-refractivity contribution in [2.45, 2.75) is 19.4 Å². The zero-order valence-corrected chi connectivity index (χ0v) is 7.45. The maximum absolute atomic E-state index is 11.5. The Morgan fingerprint density at radius 1 is 1.69 bits per heavy atom. The topological polar surface area (TPSA) is 52.6 Å². The van der Waals surface area contributed by atoms with Crippen molar-refractivity contribution >= 4 is 5.91 Å². The van der Waals surface area contributed by atoms with Crippen molar-refractivity contribution < 1.29 is 9.90 Å².